The van der Waals surface area contributed by atoms with Gasteiger partial charge < -0.3 is 19.8 Å². The Bertz CT molecular complexity index is 1370. The third-order valence-electron chi connectivity index (χ3n) is 6.54. The monoisotopic (exact) mass is 580 g/mol. The average molecular weight is 581 g/mol. The molecular formula is C38H32N2O4. The summed E-state index contributed by atoms with van der Waals surface area (Å²) < 4.78 is 0. The number of carboxylic acid groups (broad SMARTS) is 2. The topological polar surface area (TPSA) is 89.1 Å². The Hall–Kier alpha value is -5.82. The molecule has 0 atom stereocenters. The van der Waals surface area contributed by atoms with Crippen molar-refractivity contribution in [3.63, 3.8) is 0 Å². The lowest BCUT2D eigenvalue weighted by Gasteiger charge is -2.18. The van der Waals surface area contributed by atoms with Crippen LogP contribution in [0, 0.1) is 0 Å². The lowest BCUT2D eigenvalue weighted by molar-refractivity contribution is -0.681. The van der Waals surface area contributed by atoms with Crippen molar-refractivity contribution in [2.24, 2.45) is 0 Å². The molecule has 0 unspecified atom stereocenters. The van der Waals surface area contributed by atoms with E-state index < -0.39 is 11.9 Å². The second-order valence-electron chi connectivity index (χ2n) is 9.52. The molecule has 6 nitrogen and oxygen atoms in total. The maximum atomic E-state index is 8.93. The second-order valence-corrected chi connectivity index (χ2v) is 9.52. The molecule has 6 heteroatoms. The highest BCUT2D eigenvalue weighted by Gasteiger charge is 2.18. The first-order valence-corrected chi connectivity index (χ1v) is 14.0. The van der Waals surface area contributed by atoms with Crippen LogP contribution in [0.4, 0.5) is 34.1 Å². The maximum absolute atomic E-state index is 8.93. The van der Waals surface area contributed by atoms with Crippen molar-refractivity contribution >= 4 is 46.1 Å². The van der Waals surface area contributed by atoms with Crippen LogP contribution in [0.15, 0.2) is 182 Å². The molecule has 0 fully saturated rings. The lowest BCUT2D eigenvalue weighted by atomic mass is 10.2. The summed E-state index contributed by atoms with van der Waals surface area (Å²) in [6, 6.07) is 63.3. The summed E-state index contributed by atoms with van der Waals surface area (Å²) >= 11 is 0. The molecule has 6 aromatic rings. The number of carbonyl (C=O) groups excluding carboxylic acids is 2. The molecule has 2 N–H and O–H groups in total. The first kappa shape index (κ1) is 31.1. The molecule has 0 amide bonds. The number of hydrogen-bond donors (Lipinski definition) is 2. The number of para-hydroxylation sites is 6. The molecule has 6 aromatic carbocycles. The van der Waals surface area contributed by atoms with Crippen LogP contribution in [0.5, 0.6) is 0 Å². The van der Waals surface area contributed by atoms with Gasteiger partial charge in [-0.2, -0.15) is 0 Å². The normalized spacial score (nSPS) is 10.1. The zero-order chi connectivity index (χ0) is 31.0. The number of aliphatic carboxylic acids is 2. The van der Waals surface area contributed by atoms with E-state index >= 15 is 0 Å². The zero-order valence-electron chi connectivity index (χ0n) is 24.0. The highest BCUT2D eigenvalue weighted by atomic mass is 16.4. The van der Waals surface area contributed by atoms with Crippen molar-refractivity contribution in [2.45, 2.75) is 0 Å². The molecule has 0 aliphatic heterocycles. The van der Waals surface area contributed by atoms with E-state index in [0.717, 1.165) is 0 Å². The van der Waals surface area contributed by atoms with E-state index in [1.54, 1.807) is 0 Å². The summed E-state index contributed by atoms with van der Waals surface area (Å²) in [4.78, 5) is 20.4. The van der Waals surface area contributed by atoms with Gasteiger partial charge in [-0.25, -0.2) is 9.80 Å². The van der Waals surface area contributed by atoms with Gasteiger partial charge in [0.2, 0.25) is 0 Å². The molecule has 0 aliphatic rings. The van der Waals surface area contributed by atoms with Gasteiger partial charge in [0, 0.05) is 0 Å². The maximum Gasteiger partial charge on any atom is 0.141 e. The van der Waals surface area contributed by atoms with Gasteiger partial charge in [0.05, 0.1) is 11.9 Å². The predicted molar refractivity (Wildman–Crippen MR) is 169 cm³/mol. The van der Waals surface area contributed by atoms with Crippen LogP contribution >= 0.6 is 0 Å². The van der Waals surface area contributed by atoms with Crippen molar-refractivity contribution in [3.8, 4) is 0 Å². The van der Waals surface area contributed by atoms with Crippen molar-refractivity contribution in [3.05, 3.63) is 182 Å². The van der Waals surface area contributed by atoms with Gasteiger partial charge in [0.1, 0.15) is 34.1 Å². The molecule has 6 rings (SSSR count). The van der Waals surface area contributed by atoms with Crippen LogP contribution in [0.1, 0.15) is 0 Å². The lowest BCUT2D eigenvalue weighted by Crippen LogP contribution is -2.96. The molecule has 0 heterocycles. The molecular weight excluding hydrogens is 548 g/mol. The summed E-state index contributed by atoms with van der Waals surface area (Å²) in [6.07, 6.45) is 0. The van der Waals surface area contributed by atoms with Crippen LogP contribution in [0.25, 0.3) is 0 Å². The Morgan fingerprint density at radius 3 is 0.545 bits per heavy atom. The van der Waals surface area contributed by atoms with Crippen LogP contribution in [0.2, 0.25) is 0 Å². The summed E-state index contributed by atoms with van der Waals surface area (Å²) in [5, 5.41) is 17.9. The Morgan fingerprint density at radius 2 is 0.432 bits per heavy atom. The summed E-state index contributed by atoms with van der Waals surface area (Å²) in [5.41, 5.74) is 7.50. The van der Waals surface area contributed by atoms with Gasteiger partial charge in [-0.05, 0) is 72.8 Å². The van der Waals surface area contributed by atoms with Crippen LogP contribution < -0.4 is 20.0 Å². The molecule has 0 saturated heterocycles. The van der Waals surface area contributed by atoms with Crippen molar-refractivity contribution in [2.75, 3.05) is 0 Å². The van der Waals surface area contributed by atoms with Gasteiger partial charge in [0.25, 0.3) is 0 Å². The van der Waals surface area contributed by atoms with E-state index in [9.17, 15) is 0 Å². The summed E-state index contributed by atoms with van der Waals surface area (Å²) in [6.45, 7) is 0. The first-order valence-electron chi connectivity index (χ1n) is 14.0. The van der Waals surface area contributed by atoms with Gasteiger partial charge >= 0.3 is 0 Å². The number of benzene rings is 6. The van der Waals surface area contributed by atoms with Crippen molar-refractivity contribution in [1.29, 1.82) is 0 Å². The average Bonchev–Trinajstić information content (AvgIpc) is 3.09. The van der Waals surface area contributed by atoms with Crippen molar-refractivity contribution < 1.29 is 29.6 Å². The smallest absolute Gasteiger partial charge is 0.141 e. The Kier molecular flexibility index (Phi) is 11.7. The minimum atomic E-state index is -2.19. The van der Waals surface area contributed by atoms with E-state index in [1.165, 1.54) is 43.9 Å². The quantitative estimate of drug-likeness (QED) is 0.289. The second kappa shape index (κ2) is 16.6. The summed E-state index contributed by atoms with van der Waals surface area (Å²) in [7, 11) is 0. The standard InChI is InChI=1S/2C18H15N.C2H2O4/c2*1-4-10-16(11-5-1)19(17-12-6-2-7-13-17)18-14-8-3-9-15-18;3-1(4)2(5)6/h2*1-15H;(H,3,4)(H,5,6). The Balaban J connectivity index is 0.000000170. The molecule has 0 bridgehead atoms. The van der Waals surface area contributed by atoms with Crippen LogP contribution in [0.3, 0.4) is 0 Å². The zero-order valence-corrected chi connectivity index (χ0v) is 24.0. The molecule has 0 saturated carbocycles. The number of rotatable bonds is 6. The van der Waals surface area contributed by atoms with Gasteiger partial charge in [-0.15, -0.1) is 0 Å². The molecule has 0 spiro atoms. The van der Waals surface area contributed by atoms with Crippen LogP contribution in [-0.2, 0) is 9.59 Å². The van der Waals surface area contributed by atoms with E-state index in [0.29, 0.717) is 0 Å². The van der Waals surface area contributed by atoms with E-state index in [2.05, 4.69) is 182 Å². The highest BCUT2D eigenvalue weighted by Crippen LogP contribution is 2.15. The van der Waals surface area contributed by atoms with Gasteiger partial charge in [-0.3, -0.25) is 0 Å². The van der Waals surface area contributed by atoms with E-state index in [-0.39, 0.29) is 0 Å². The molecule has 218 valence electrons. The van der Waals surface area contributed by atoms with Crippen molar-refractivity contribution in [1.82, 2.24) is 0 Å². The Labute approximate surface area is 257 Å². The van der Waals surface area contributed by atoms with Gasteiger partial charge in [-0.1, -0.05) is 109 Å². The molecule has 0 radical (unpaired) electrons. The number of carboxylic acids is 2. The SMILES string of the molecule is O=C([O-])C(=O)[O-].c1ccc([NH+](c2ccccc2)c2ccccc2)cc1.c1ccc([NH+](c2ccccc2)c2ccccc2)cc1. The minimum absolute atomic E-state index is 1.25. The third kappa shape index (κ3) is 9.09. The number of nitrogens with one attached hydrogen (secondary N) is 2. The largest absolute Gasteiger partial charge is 0.543 e. The minimum Gasteiger partial charge on any atom is -0.543 e. The first-order chi connectivity index (χ1) is 21.5. The molecule has 44 heavy (non-hydrogen) atoms. The number of quaternary nitrogens is 2. The fourth-order valence-electron chi connectivity index (χ4n) is 4.63. The summed E-state index contributed by atoms with van der Waals surface area (Å²) in [5.74, 6) is -4.37. The van der Waals surface area contributed by atoms with E-state index in [4.69, 9.17) is 19.8 Å². The fraction of sp³-hybridized carbons (Fsp3) is 0. The molecule has 0 aliphatic carbocycles. The van der Waals surface area contributed by atoms with E-state index in [1.807, 2.05) is 0 Å². The fourth-order valence-corrected chi connectivity index (χ4v) is 4.63. The number of hydrogen-bond acceptors (Lipinski definition) is 4. The van der Waals surface area contributed by atoms with Gasteiger partial charge in [0.15, 0.2) is 0 Å². The number of carbonyl (C=O) groups is 2. The highest BCUT2D eigenvalue weighted by molar-refractivity contribution is 6.25. The predicted octanol–water partition coefficient (Wildman–Crippen LogP) is 4.22. The third-order valence-corrected chi connectivity index (χ3v) is 6.54. The molecule has 0 aromatic heterocycles. The Morgan fingerprint density at radius 1 is 0.295 bits per heavy atom. The van der Waals surface area contributed by atoms with Crippen LogP contribution in [-0.4, -0.2) is 11.9 Å².